The smallest absolute Gasteiger partial charge is 0.264 e. The molecule has 0 fully saturated rings. The van der Waals surface area contributed by atoms with E-state index in [9.17, 15) is 22.4 Å². The molecule has 0 spiro atoms. The van der Waals surface area contributed by atoms with Gasteiger partial charge in [0.2, 0.25) is 11.8 Å². The second-order valence-corrected chi connectivity index (χ2v) is 12.2. The molecule has 7 nitrogen and oxygen atoms in total. The Morgan fingerprint density at radius 3 is 1.88 bits per heavy atom. The number of amides is 2. The molecule has 0 radical (unpaired) electrons. The SMILES string of the molecule is CC[C@@H](C)NC(=O)[C@H](Cc1ccccc1)N(Cc1ccccc1)C(=O)CN(c1ccccc1)S(=O)(=O)c1ccc(F)cc1. The molecule has 0 aromatic heterocycles. The van der Waals surface area contributed by atoms with Crippen molar-refractivity contribution in [3.63, 3.8) is 0 Å². The minimum Gasteiger partial charge on any atom is -0.352 e. The predicted molar refractivity (Wildman–Crippen MR) is 166 cm³/mol. The number of halogens is 1. The quantitative estimate of drug-likeness (QED) is 0.217. The largest absolute Gasteiger partial charge is 0.352 e. The van der Waals surface area contributed by atoms with E-state index in [-0.39, 0.29) is 35.5 Å². The third-order valence-corrected chi connectivity index (χ3v) is 8.98. The van der Waals surface area contributed by atoms with Crippen LogP contribution in [0.3, 0.4) is 0 Å². The molecule has 0 unspecified atom stereocenters. The number of carbonyl (C=O) groups is 2. The number of hydrogen-bond acceptors (Lipinski definition) is 4. The molecule has 4 aromatic carbocycles. The number of rotatable bonds is 13. The molecule has 0 aliphatic heterocycles. The van der Waals surface area contributed by atoms with E-state index < -0.39 is 34.3 Å². The van der Waals surface area contributed by atoms with Gasteiger partial charge in [-0.1, -0.05) is 85.8 Å². The average Bonchev–Trinajstić information content (AvgIpc) is 3.02. The maximum atomic E-state index is 14.3. The summed E-state index contributed by atoms with van der Waals surface area (Å²) in [6.07, 6.45) is 0.936. The minimum atomic E-state index is -4.28. The van der Waals surface area contributed by atoms with E-state index in [4.69, 9.17) is 0 Å². The number of anilines is 1. The number of carbonyl (C=O) groups excluding carboxylic acids is 2. The summed E-state index contributed by atoms with van der Waals surface area (Å²) in [5, 5.41) is 3.02. The van der Waals surface area contributed by atoms with E-state index in [0.29, 0.717) is 6.42 Å². The molecule has 2 amide bonds. The molecule has 0 aliphatic carbocycles. The molecule has 9 heteroatoms. The molecule has 0 heterocycles. The highest BCUT2D eigenvalue weighted by Gasteiger charge is 2.34. The fourth-order valence-electron chi connectivity index (χ4n) is 4.63. The summed E-state index contributed by atoms with van der Waals surface area (Å²) in [6, 6.07) is 30.4. The van der Waals surface area contributed by atoms with E-state index >= 15 is 0 Å². The van der Waals surface area contributed by atoms with Crippen molar-refractivity contribution in [3.05, 3.63) is 132 Å². The van der Waals surface area contributed by atoms with Gasteiger partial charge in [-0.25, -0.2) is 12.8 Å². The lowest BCUT2D eigenvalue weighted by Crippen LogP contribution is -2.54. The number of sulfonamides is 1. The van der Waals surface area contributed by atoms with Gasteiger partial charge in [0.15, 0.2) is 0 Å². The van der Waals surface area contributed by atoms with Crippen molar-refractivity contribution >= 4 is 27.5 Å². The van der Waals surface area contributed by atoms with Crippen molar-refractivity contribution in [2.75, 3.05) is 10.8 Å². The Morgan fingerprint density at radius 2 is 1.33 bits per heavy atom. The first-order valence-corrected chi connectivity index (χ1v) is 15.6. The van der Waals surface area contributed by atoms with Crippen LogP contribution in [0, 0.1) is 5.82 Å². The molecule has 0 aliphatic rings. The maximum absolute atomic E-state index is 14.3. The monoisotopic (exact) mass is 601 g/mol. The molecule has 1 N–H and O–H groups in total. The van der Waals surface area contributed by atoms with Crippen LogP contribution in [0.1, 0.15) is 31.4 Å². The van der Waals surface area contributed by atoms with E-state index in [0.717, 1.165) is 27.6 Å². The summed E-state index contributed by atoms with van der Waals surface area (Å²) >= 11 is 0. The normalized spacial score (nSPS) is 12.6. The van der Waals surface area contributed by atoms with Crippen molar-refractivity contribution < 1.29 is 22.4 Å². The van der Waals surface area contributed by atoms with Crippen LogP contribution in [0.4, 0.5) is 10.1 Å². The van der Waals surface area contributed by atoms with Gasteiger partial charge >= 0.3 is 0 Å². The molecule has 0 bridgehead atoms. The summed E-state index contributed by atoms with van der Waals surface area (Å²) in [5.41, 5.74) is 1.91. The van der Waals surface area contributed by atoms with E-state index in [2.05, 4.69) is 5.32 Å². The van der Waals surface area contributed by atoms with Gasteiger partial charge in [0.1, 0.15) is 18.4 Å². The second-order valence-electron chi connectivity index (χ2n) is 10.3. The van der Waals surface area contributed by atoms with Crippen molar-refractivity contribution in [2.45, 2.75) is 50.2 Å². The number of nitrogens with one attached hydrogen (secondary N) is 1. The number of nitrogens with zero attached hydrogens (tertiary/aromatic N) is 2. The Labute approximate surface area is 253 Å². The summed E-state index contributed by atoms with van der Waals surface area (Å²) < 4.78 is 42.5. The lowest BCUT2D eigenvalue weighted by molar-refractivity contribution is -0.140. The Morgan fingerprint density at radius 1 is 0.791 bits per heavy atom. The van der Waals surface area contributed by atoms with Gasteiger partial charge in [0, 0.05) is 19.0 Å². The van der Waals surface area contributed by atoms with Crippen LogP contribution >= 0.6 is 0 Å². The van der Waals surface area contributed by atoms with Crippen LogP contribution in [-0.4, -0.2) is 43.8 Å². The number of benzene rings is 4. The minimum absolute atomic E-state index is 0.0876. The highest BCUT2D eigenvalue weighted by Crippen LogP contribution is 2.25. The summed E-state index contributed by atoms with van der Waals surface area (Å²) in [7, 11) is -4.28. The Hall–Kier alpha value is -4.50. The Bertz CT molecular complexity index is 1590. The third kappa shape index (κ3) is 8.29. The highest BCUT2D eigenvalue weighted by molar-refractivity contribution is 7.92. The predicted octanol–water partition coefficient (Wildman–Crippen LogP) is 5.58. The zero-order valence-electron chi connectivity index (χ0n) is 24.3. The van der Waals surface area contributed by atoms with Gasteiger partial charge in [0.05, 0.1) is 10.6 Å². The first-order chi connectivity index (χ1) is 20.7. The Kier molecular flexibility index (Phi) is 10.7. The maximum Gasteiger partial charge on any atom is 0.264 e. The molecule has 0 saturated carbocycles. The van der Waals surface area contributed by atoms with E-state index in [1.807, 2.05) is 74.5 Å². The number of para-hydroxylation sites is 1. The average molecular weight is 602 g/mol. The van der Waals surface area contributed by atoms with Gasteiger partial charge in [-0.2, -0.15) is 0 Å². The fraction of sp³-hybridized carbons (Fsp3) is 0.235. The van der Waals surface area contributed by atoms with Gasteiger partial charge < -0.3 is 10.2 Å². The van der Waals surface area contributed by atoms with Crippen LogP contribution in [0.5, 0.6) is 0 Å². The number of hydrogen-bond donors (Lipinski definition) is 1. The zero-order valence-corrected chi connectivity index (χ0v) is 25.1. The lowest BCUT2D eigenvalue weighted by atomic mass is 10.0. The molecule has 43 heavy (non-hydrogen) atoms. The van der Waals surface area contributed by atoms with Crippen molar-refractivity contribution in [2.24, 2.45) is 0 Å². The summed E-state index contributed by atoms with van der Waals surface area (Å²) in [6.45, 7) is 3.37. The van der Waals surface area contributed by atoms with Crippen molar-refractivity contribution in [1.82, 2.24) is 10.2 Å². The highest BCUT2D eigenvalue weighted by atomic mass is 32.2. The van der Waals surface area contributed by atoms with Crippen LogP contribution in [-0.2, 0) is 32.6 Å². The molecule has 4 aromatic rings. The standard InChI is InChI=1S/C34H36FN3O4S/c1-3-26(2)36-34(40)32(23-27-13-7-4-8-14-27)37(24-28-15-9-5-10-16-28)33(39)25-38(30-17-11-6-12-18-30)43(41,42)31-21-19-29(35)20-22-31/h4-22,26,32H,3,23-25H2,1-2H3,(H,36,40)/t26-,32+/m1/s1. The third-order valence-electron chi connectivity index (χ3n) is 7.19. The summed E-state index contributed by atoms with van der Waals surface area (Å²) in [5.74, 6) is -1.46. The Balaban J connectivity index is 1.77. The van der Waals surface area contributed by atoms with Gasteiger partial charge in [-0.15, -0.1) is 0 Å². The van der Waals surface area contributed by atoms with E-state index in [1.165, 1.54) is 17.0 Å². The fourth-order valence-corrected chi connectivity index (χ4v) is 6.05. The second kappa shape index (κ2) is 14.6. The lowest BCUT2D eigenvalue weighted by Gasteiger charge is -2.34. The van der Waals surface area contributed by atoms with Gasteiger partial charge in [-0.05, 0) is 60.9 Å². The molecular formula is C34H36FN3O4S. The van der Waals surface area contributed by atoms with Crippen LogP contribution < -0.4 is 9.62 Å². The molecule has 2 atom stereocenters. The molecular weight excluding hydrogens is 565 g/mol. The first-order valence-electron chi connectivity index (χ1n) is 14.2. The molecule has 4 rings (SSSR count). The molecule has 0 saturated heterocycles. The van der Waals surface area contributed by atoms with Gasteiger partial charge in [-0.3, -0.25) is 13.9 Å². The summed E-state index contributed by atoms with van der Waals surface area (Å²) in [4.78, 5) is 29.4. The molecule has 224 valence electrons. The first kappa shape index (κ1) is 31.4. The van der Waals surface area contributed by atoms with Gasteiger partial charge in [0.25, 0.3) is 10.0 Å². The van der Waals surface area contributed by atoms with Crippen molar-refractivity contribution in [1.29, 1.82) is 0 Å². The van der Waals surface area contributed by atoms with Crippen LogP contribution in [0.25, 0.3) is 0 Å². The van der Waals surface area contributed by atoms with Crippen LogP contribution in [0.15, 0.2) is 120 Å². The van der Waals surface area contributed by atoms with Crippen molar-refractivity contribution in [3.8, 4) is 0 Å². The van der Waals surface area contributed by atoms with Crippen LogP contribution in [0.2, 0.25) is 0 Å². The topological polar surface area (TPSA) is 86.8 Å². The zero-order chi connectivity index (χ0) is 30.8. The van der Waals surface area contributed by atoms with E-state index in [1.54, 1.807) is 30.3 Å².